The first-order valence-electron chi connectivity index (χ1n) is 20.9. The smallest absolute Gasteiger partial charge is 0.0726 e. The second-order valence-corrected chi connectivity index (χ2v) is 16.3. The summed E-state index contributed by atoms with van der Waals surface area (Å²) in [7, 11) is 0. The summed E-state index contributed by atoms with van der Waals surface area (Å²) in [5.74, 6) is 0. The van der Waals surface area contributed by atoms with Gasteiger partial charge in [-0.2, -0.15) is 0 Å². The van der Waals surface area contributed by atoms with Gasteiger partial charge in [0.05, 0.1) is 11.1 Å². The van der Waals surface area contributed by atoms with E-state index >= 15 is 0 Å². The molecule has 0 amide bonds. The van der Waals surface area contributed by atoms with E-state index in [-0.39, 0.29) is 0 Å². The van der Waals surface area contributed by atoms with Crippen molar-refractivity contribution in [3.05, 3.63) is 247 Å². The van der Waals surface area contributed by atoms with E-state index in [1.54, 1.807) is 0 Å². The molecule has 278 valence electrons. The van der Waals surface area contributed by atoms with Crippen LogP contribution in [0.4, 0.5) is 17.1 Å². The Morgan fingerprint density at radius 2 is 0.700 bits per heavy atom. The summed E-state index contributed by atoms with van der Waals surface area (Å²) in [6, 6.07) is 83.4. The second-order valence-electron chi connectivity index (χ2n) is 16.3. The van der Waals surface area contributed by atoms with Gasteiger partial charge in [-0.25, -0.2) is 0 Å². The van der Waals surface area contributed by atoms with Crippen LogP contribution in [0, 0.1) is 0 Å². The third kappa shape index (κ3) is 4.41. The molecule has 0 bridgehead atoms. The molecule has 3 aliphatic rings. The molecule has 1 nitrogen and oxygen atoms in total. The van der Waals surface area contributed by atoms with E-state index in [9.17, 15) is 0 Å². The van der Waals surface area contributed by atoms with Gasteiger partial charge >= 0.3 is 0 Å². The Morgan fingerprint density at radius 3 is 1.30 bits per heavy atom. The fourth-order valence-electron chi connectivity index (χ4n) is 11.0. The minimum atomic E-state index is -0.450. The standard InChI is InChI=1S/C59H37N/c1-3-17-38(18-4-1)39-31-33-41(34-32-39)60(58-50-27-10-9-26-49(50)55(40-19-5-2-6-20-40)56-47-24-7-8-25-48(47)57(56)58)42-35-36-46-45-23-13-16-30-53(45)59(54(46)37-42)51-28-14-11-21-43(51)44-22-12-15-29-52(44)59/h1-37H. The first-order chi connectivity index (χ1) is 29.8. The quantitative estimate of drug-likeness (QED) is 0.169. The van der Waals surface area contributed by atoms with E-state index in [1.807, 2.05) is 0 Å². The van der Waals surface area contributed by atoms with Crippen LogP contribution in [-0.2, 0) is 5.41 Å². The van der Waals surface area contributed by atoms with Crippen molar-refractivity contribution in [1.29, 1.82) is 0 Å². The van der Waals surface area contributed by atoms with Crippen LogP contribution >= 0.6 is 0 Å². The van der Waals surface area contributed by atoms with Gasteiger partial charge in [0.25, 0.3) is 0 Å². The Balaban J connectivity index is 1.13. The van der Waals surface area contributed by atoms with E-state index in [0.29, 0.717) is 0 Å². The molecular formula is C59H37N. The lowest BCUT2D eigenvalue weighted by Crippen LogP contribution is -2.26. The molecule has 0 saturated heterocycles. The van der Waals surface area contributed by atoms with Gasteiger partial charge in [-0.05, 0) is 108 Å². The van der Waals surface area contributed by atoms with Gasteiger partial charge in [0, 0.05) is 27.9 Å². The molecule has 1 spiro atoms. The molecule has 0 N–H and O–H groups in total. The maximum Gasteiger partial charge on any atom is 0.0726 e. The first-order valence-corrected chi connectivity index (χ1v) is 20.9. The Morgan fingerprint density at radius 1 is 0.267 bits per heavy atom. The average Bonchev–Trinajstić information content (AvgIpc) is 3.79. The van der Waals surface area contributed by atoms with Crippen LogP contribution < -0.4 is 4.90 Å². The summed E-state index contributed by atoms with van der Waals surface area (Å²) in [5.41, 5.74) is 23.8. The Kier molecular flexibility index (Phi) is 7.00. The number of rotatable bonds is 5. The van der Waals surface area contributed by atoms with E-state index in [4.69, 9.17) is 0 Å². The fraction of sp³-hybridized carbons (Fsp3) is 0.0169. The minimum absolute atomic E-state index is 0.450. The molecule has 10 aromatic rings. The van der Waals surface area contributed by atoms with E-state index < -0.39 is 5.41 Å². The van der Waals surface area contributed by atoms with Crippen molar-refractivity contribution < 1.29 is 0 Å². The topological polar surface area (TPSA) is 3.24 Å². The third-order valence-electron chi connectivity index (χ3n) is 13.4. The maximum atomic E-state index is 2.56. The van der Waals surface area contributed by atoms with Crippen molar-refractivity contribution in [2.75, 3.05) is 4.90 Å². The molecule has 0 atom stereocenters. The molecule has 1 heteroatoms. The highest BCUT2D eigenvalue weighted by molar-refractivity contribution is 6.25. The fourth-order valence-corrected chi connectivity index (χ4v) is 11.0. The van der Waals surface area contributed by atoms with Crippen LogP contribution in [0.15, 0.2) is 224 Å². The first kappa shape index (κ1) is 33.3. The largest absolute Gasteiger partial charge is 0.309 e. The zero-order valence-electron chi connectivity index (χ0n) is 32.8. The van der Waals surface area contributed by atoms with Crippen molar-refractivity contribution in [2.24, 2.45) is 0 Å². The highest BCUT2D eigenvalue weighted by Crippen LogP contribution is 2.65. The molecule has 0 heterocycles. The lowest BCUT2D eigenvalue weighted by molar-refractivity contribution is 0.793. The van der Waals surface area contributed by atoms with Gasteiger partial charge in [-0.3, -0.25) is 0 Å². The number of hydrogen-bond acceptors (Lipinski definition) is 1. The van der Waals surface area contributed by atoms with Crippen LogP contribution in [-0.4, -0.2) is 0 Å². The van der Waals surface area contributed by atoms with Crippen LogP contribution in [0.3, 0.4) is 0 Å². The molecule has 0 fully saturated rings. The van der Waals surface area contributed by atoms with Gasteiger partial charge in [0.15, 0.2) is 0 Å². The molecule has 0 aromatic heterocycles. The summed E-state index contributed by atoms with van der Waals surface area (Å²) >= 11 is 0. The van der Waals surface area contributed by atoms with Crippen molar-refractivity contribution in [1.82, 2.24) is 0 Å². The molecular weight excluding hydrogens is 723 g/mol. The molecule has 0 radical (unpaired) electrons. The Labute approximate surface area is 350 Å². The summed E-state index contributed by atoms with van der Waals surface area (Å²) < 4.78 is 0. The van der Waals surface area contributed by atoms with Gasteiger partial charge in [-0.15, -0.1) is 0 Å². The molecule has 0 aliphatic heterocycles. The van der Waals surface area contributed by atoms with E-state index in [2.05, 4.69) is 229 Å². The second kappa shape index (κ2) is 12.6. The van der Waals surface area contributed by atoms with Crippen molar-refractivity contribution in [2.45, 2.75) is 5.41 Å². The predicted octanol–water partition coefficient (Wildman–Crippen LogP) is 15.6. The summed E-state index contributed by atoms with van der Waals surface area (Å²) in [4.78, 5) is 2.56. The Hall–Kier alpha value is -7.74. The van der Waals surface area contributed by atoms with Crippen LogP contribution in [0.1, 0.15) is 22.3 Å². The van der Waals surface area contributed by atoms with Crippen molar-refractivity contribution in [3.63, 3.8) is 0 Å². The molecule has 0 unspecified atom stereocenters. The van der Waals surface area contributed by atoms with Crippen LogP contribution in [0.5, 0.6) is 0 Å². The maximum absolute atomic E-state index is 2.56. The molecule has 60 heavy (non-hydrogen) atoms. The highest BCUT2D eigenvalue weighted by atomic mass is 15.1. The zero-order valence-corrected chi connectivity index (χ0v) is 32.8. The van der Waals surface area contributed by atoms with Crippen LogP contribution in [0.25, 0.3) is 77.5 Å². The summed E-state index contributed by atoms with van der Waals surface area (Å²) in [6.07, 6.45) is 0. The third-order valence-corrected chi connectivity index (χ3v) is 13.4. The average molecular weight is 760 g/mol. The molecule has 0 saturated carbocycles. The number of hydrogen-bond donors (Lipinski definition) is 0. The van der Waals surface area contributed by atoms with Crippen LogP contribution in [0.2, 0.25) is 0 Å². The molecule has 10 aromatic carbocycles. The zero-order chi connectivity index (χ0) is 39.4. The van der Waals surface area contributed by atoms with Gasteiger partial charge < -0.3 is 4.90 Å². The van der Waals surface area contributed by atoms with E-state index in [0.717, 1.165) is 11.4 Å². The predicted molar refractivity (Wildman–Crippen MR) is 250 cm³/mol. The number of fused-ring (bicyclic) bond motifs is 15. The number of benzene rings is 10. The molecule has 3 aliphatic carbocycles. The van der Waals surface area contributed by atoms with Gasteiger partial charge in [0.2, 0.25) is 0 Å². The van der Waals surface area contributed by atoms with E-state index in [1.165, 1.54) is 105 Å². The molecule has 13 rings (SSSR count). The Bertz CT molecular complexity index is 3300. The highest BCUT2D eigenvalue weighted by Gasteiger charge is 2.51. The van der Waals surface area contributed by atoms with Gasteiger partial charge in [-0.1, -0.05) is 200 Å². The lowest BCUT2D eigenvalue weighted by Gasteiger charge is -2.37. The SMILES string of the molecule is c1ccc(-c2ccc(N(c3ccc4c(c3)C3(c5ccccc5-c5ccccc53)c3ccccc3-4)c3c4c(c(-c5ccccc5)c5ccccc35)-c3ccccc3-4)cc2)cc1. The summed E-state index contributed by atoms with van der Waals surface area (Å²) in [5, 5.41) is 2.48. The normalized spacial score (nSPS) is 13.1. The van der Waals surface area contributed by atoms with Crippen molar-refractivity contribution in [3.8, 4) is 66.8 Å². The number of nitrogens with zero attached hydrogens (tertiary/aromatic N) is 1. The monoisotopic (exact) mass is 759 g/mol. The van der Waals surface area contributed by atoms with Gasteiger partial charge in [0.1, 0.15) is 0 Å². The summed E-state index contributed by atoms with van der Waals surface area (Å²) in [6.45, 7) is 0. The number of anilines is 3. The minimum Gasteiger partial charge on any atom is -0.309 e. The lowest BCUT2D eigenvalue weighted by atomic mass is 9.70. The van der Waals surface area contributed by atoms with Crippen molar-refractivity contribution >= 4 is 27.8 Å².